The minimum absolute atomic E-state index is 0.866. The lowest BCUT2D eigenvalue weighted by atomic mass is 10.4. The maximum atomic E-state index is 5.22. The van der Waals surface area contributed by atoms with E-state index in [1.54, 1.807) is 0 Å². The molecule has 0 rings (SSSR count). The van der Waals surface area contributed by atoms with Crippen molar-refractivity contribution in [2.75, 3.05) is 40.8 Å². The smallest absolute Gasteiger partial charge is 0.168 e. The summed E-state index contributed by atoms with van der Waals surface area (Å²) in [7, 11) is 6.22. The maximum absolute atomic E-state index is 5.22. The van der Waals surface area contributed by atoms with Crippen LogP contribution in [-0.2, 0) is 0 Å². The van der Waals surface area contributed by atoms with Crippen LogP contribution in [0.5, 0.6) is 0 Å². The zero-order chi connectivity index (χ0) is 11.0. The molecular weight excluding hydrogens is 194 g/mol. The van der Waals surface area contributed by atoms with E-state index in [0.29, 0.717) is 0 Å². The van der Waals surface area contributed by atoms with Gasteiger partial charge in [-0.25, -0.2) is 0 Å². The molecule has 0 aromatic heterocycles. The molecule has 4 heteroatoms. The highest BCUT2D eigenvalue weighted by Gasteiger charge is 2.02. The SMILES string of the molecule is CCCNC(=S)N(C)CCCN(C)C. The fourth-order valence-electron chi connectivity index (χ4n) is 1.09. The molecular formula is C10H23N3S. The van der Waals surface area contributed by atoms with Crippen molar-refractivity contribution in [3.8, 4) is 0 Å². The highest BCUT2D eigenvalue weighted by molar-refractivity contribution is 7.80. The molecule has 0 aliphatic rings. The van der Waals surface area contributed by atoms with E-state index in [2.05, 4.69) is 36.1 Å². The molecule has 0 amide bonds. The summed E-state index contributed by atoms with van der Waals surface area (Å²) in [6.07, 6.45) is 2.27. The van der Waals surface area contributed by atoms with Crippen molar-refractivity contribution in [1.29, 1.82) is 0 Å². The van der Waals surface area contributed by atoms with Crippen LogP contribution in [-0.4, -0.2) is 55.7 Å². The molecule has 0 spiro atoms. The van der Waals surface area contributed by atoms with Gasteiger partial charge in [0.05, 0.1) is 0 Å². The van der Waals surface area contributed by atoms with Gasteiger partial charge in [-0.15, -0.1) is 0 Å². The first-order chi connectivity index (χ1) is 6.57. The van der Waals surface area contributed by atoms with Gasteiger partial charge in [-0.2, -0.15) is 0 Å². The normalized spacial score (nSPS) is 10.4. The van der Waals surface area contributed by atoms with Gasteiger partial charge < -0.3 is 15.1 Å². The van der Waals surface area contributed by atoms with Crippen LogP contribution in [0.4, 0.5) is 0 Å². The summed E-state index contributed by atoms with van der Waals surface area (Å²) in [5.74, 6) is 0. The van der Waals surface area contributed by atoms with Gasteiger partial charge in [-0.05, 0) is 45.7 Å². The third-order valence-electron chi connectivity index (χ3n) is 1.97. The largest absolute Gasteiger partial charge is 0.363 e. The predicted octanol–water partition coefficient (Wildman–Crippen LogP) is 1.15. The lowest BCUT2D eigenvalue weighted by molar-refractivity contribution is 0.368. The van der Waals surface area contributed by atoms with E-state index in [1.165, 1.54) is 0 Å². The first-order valence-corrected chi connectivity index (χ1v) is 5.62. The number of nitrogens with one attached hydrogen (secondary N) is 1. The van der Waals surface area contributed by atoms with Crippen LogP contribution in [0.15, 0.2) is 0 Å². The Balaban J connectivity index is 3.51. The van der Waals surface area contributed by atoms with Crippen LogP contribution in [0, 0.1) is 0 Å². The van der Waals surface area contributed by atoms with E-state index < -0.39 is 0 Å². The van der Waals surface area contributed by atoms with Crippen LogP contribution < -0.4 is 5.32 Å². The average Bonchev–Trinajstić information content (AvgIpc) is 2.13. The fraction of sp³-hybridized carbons (Fsp3) is 0.900. The highest BCUT2D eigenvalue weighted by Crippen LogP contribution is 1.90. The molecule has 84 valence electrons. The van der Waals surface area contributed by atoms with Crippen molar-refractivity contribution >= 4 is 17.3 Å². The number of hydrogen-bond acceptors (Lipinski definition) is 2. The van der Waals surface area contributed by atoms with Gasteiger partial charge in [0.25, 0.3) is 0 Å². The van der Waals surface area contributed by atoms with Gasteiger partial charge >= 0.3 is 0 Å². The van der Waals surface area contributed by atoms with Crippen LogP contribution in [0.25, 0.3) is 0 Å². The first-order valence-electron chi connectivity index (χ1n) is 5.21. The van der Waals surface area contributed by atoms with Crippen molar-refractivity contribution in [1.82, 2.24) is 15.1 Å². The number of hydrogen-bond donors (Lipinski definition) is 1. The van der Waals surface area contributed by atoms with Gasteiger partial charge in [0.15, 0.2) is 5.11 Å². The quantitative estimate of drug-likeness (QED) is 0.673. The summed E-state index contributed by atoms with van der Waals surface area (Å²) in [6.45, 7) is 5.24. The van der Waals surface area contributed by atoms with Gasteiger partial charge in [0.2, 0.25) is 0 Å². The Morgan fingerprint density at radius 2 is 1.86 bits per heavy atom. The summed E-state index contributed by atoms with van der Waals surface area (Å²) in [5, 5.41) is 4.08. The minimum Gasteiger partial charge on any atom is -0.363 e. The fourth-order valence-corrected chi connectivity index (χ4v) is 1.29. The molecule has 3 nitrogen and oxygen atoms in total. The molecule has 0 fully saturated rings. The number of rotatable bonds is 6. The number of nitrogens with zero attached hydrogens (tertiary/aromatic N) is 2. The van der Waals surface area contributed by atoms with E-state index in [0.717, 1.165) is 37.6 Å². The first kappa shape index (κ1) is 13.7. The minimum atomic E-state index is 0.866. The lowest BCUT2D eigenvalue weighted by Crippen LogP contribution is -2.38. The second kappa shape index (κ2) is 8.00. The van der Waals surface area contributed by atoms with Crippen molar-refractivity contribution < 1.29 is 0 Å². The van der Waals surface area contributed by atoms with Gasteiger partial charge in [-0.3, -0.25) is 0 Å². The third kappa shape index (κ3) is 7.09. The van der Waals surface area contributed by atoms with E-state index >= 15 is 0 Å². The topological polar surface area (TPSA) is 18.5 Å². The summed E-state index contributed by atoms with van der Waals surface area (Å²) in [5.41, 5.74) is 0. The Kier molecular flexibility index (Phi) is 7.80. The average molecular weight is 217 g/mol. The molecule has 0 aliphatic carbocycles. The van der Waals surface area contributed by atoms with Crippen molar-refractivity contribution in [2.45, 2.75) is 19.8 Å². The molecule has 0 bridgehead atoms. The molecule has 0 saturated heterocycles. The van der Waals surface area contributed by atoms with Crippen LogP contribution >= 0.6 is 12.2 Å². The molecule has 0 aromatic carbocycles. The van der Waals surface area contributed by atoms with E-state index in [4.69, 9.17) is 12.2 Å². The molecule has 0 heterocycles. The number of thiocarbonyl (C=S) groups is 1. The Bertz CT molecular complexity index is 159. The van der Waals surface area contributed by atoms with E-state index in [9.17, 15) is 0 Å². The molecule has 0 aliphatic heterocycles. The molecule has 0 saturated carbocycles. The molecule has 1 N–H and O–H groups in total. The highest BCUT2D eigenvalue weighted by atomic mass is 32.1. The second-order valence-corrected chi connectivity index (χ2v) is 4.20. The third-order valence-corrected chi connectivity index (χ3v) is 2.43. The second-order valence-electron chi connectivity index (χ2n) is 3.81. The zero-order valence-corrected chi connectivity index (χ0v) is 10.7. The summed E-state index contributed by atoms with van der Waals surface area (Å²) >= 11 is 5.22. The van der Waals surface area contributed by atoms with Crippen LogP contribution in [0.1, 0.15) is 19.8 Å². The van der Waals surface area contributed by atoms with Gasteiger partial charge in [0, 0.05) is 20.1 Å². The van der Waals surface area contributed by atoms with Crippen LogP contribution in [0.2, 0.25) is 0 Å². The molecule has 0 atom stereocenters. The monoisotopic (exact) mass is 217 g/mol. The molecule has 14 heavy (non-hydrogen) atoms. The van der Waals surface area contributed by atoms with E-state index in [1.807, 2.05) is 7.05 Å². The lowest BCUT2D eigenvalue weighted by Gasteiger charge is -2.21. The standard InChI is InChI=1S/C10H23N3S/c1-5-7-11-10(14)13(4)9-6-8-12(2)3/h5-9H2,1-4H3,(H,11,14). The van der Waals surface area contributed by atoms with Crippen LogP contribution in [0.3, 0.4) is 0 Å². The van der Waals surface area contributed by atoms with Crippen molar-refractivity contribution in [3.05, 3.63) is 0 Å². The summed E-state index contributed by atoms with van der Waals surface area (Å²) in [4.78, 5) is 4.30. The van der Waals surface area contributed by atoms with E-state index in [-0.39, 0.29) is 0 Å². The van der Waals surface area contributed by atoms with Gasteiger partial charge in [-0.1, -0.05) is 6.92 Å². The van der Waals surface area contributed by atoms with Gasteiger partial charge in [0.1, 0.15) is 0 Å². The molecule has 0 aromatic rings. The Labute approximate surface area is 93.5 Å². The zero-order valence-electron chi connectivity index (χ0n) is 9.84. The molecule has 0 radical (unpaired) electrons. The predicted molar refractivity (Wildman–Crippen MR) is 66.7 cm³/mol. The Morgan fingerprint density at radius 3 is 2.36 bits per heavy atom. The van der Waals surface area contributed by atoms with Crippen molar-refractivity contribution in [2.24, 2.45) is 0 Å². The maximum Gasteiger partial charge on any atom is 0.168 e. The summed E-state index contributed by atoms with van der Waals surface area (Å²) in [6, 6.07) is 0. The Morgan fingerprint density at radius 1 is 1.21 bits per heavy atom. The summed E-state index contributed by atoms with van der Waals surface area (Å²) < 4.78 is 0. The Hall–Kier alpha value is -0.350. The van der Waals surface area contributed by atoms with Crippen molar-refractivity contribution in [3.63, 3.8) is 0 Å². The molecule has 0 unspecified atom stereocenters.